The molecule has 0 saturated carbocycles. The topological polar surface area (TPSA) is 64.1 Å². The van der Waals surface area contributed by atoms with E-state index in [9.17, 15) is 0 Å². The summed E-state index contributed by atoms with van der Waals surface area (Å²) < 4.78 is 5.52. The lowest BCUT2D eigenvalue weighted by molar-refractivity contribution is 0.351. The summed E-state index contributed by atoms with van der Waals surface area (Å²) in [6.07, 6.45) is 0. The molecule has 18 heavy (non-hydrogen) atoms. The van der Waals surface area contributed by atoms with Gasteiger partial charge in [-0.05, 0) is 29.7 Å². The lowest BCUT2D eigenvalue weighted by Crippen LogP contribution is -2.35. The Bertz CT molecular complexity index is 531. The van der Waals surface area contributed by atoms with Gasteiger partial charge in [0.05, 0.1) is 0 Å². The first-order chi connectivity index (χ1) is 8.50. The molecule has 0 radical (unpaired) electrons. The SMILES string of the molecule is Cc1nc2ccc(CNCC(C)(C)CN)cc2o1. The fraction of sp³-hybridized carbons (Fsp3) is 0.500. The molecule has 0 spiro atoms. The van der Waals surface area contributed by atoms with Crippen LogP contribution in [0.1, 0.15) is 25.3 Å². The van der Waals surface area contributed by atoms with Crippen LogP contribution in [0.15, 0.2) is 22.6 Å². The third-order valence-electron chi connectivity index (χ3n) is 3.05. The largest absolute Gasteiger partial charge is 0.441 e. The van der Waals surface area contributed by atoms with Crippen LogP contribution in [-0.2, 0) is 6.54 Å². The second kappa shape index (κ2) is 5.08. The molecule has 4 heteroatoms. The molecule has 2 aromatic rings. The Labute approximate surface area is 108 Å². The van der Waals surface area contributed by atoms with E-state index in [-0.39, 0.29) is 5.41 Å². The summed E-state index contributed by atoms with van der Waals surface area (Å²) in [5.41, 5.74) is 8.80. The van der Waals surface area contributed by atoms with Crippen molar-refractivity contribution >= 4 is 11.1 Å². The van der Waals surface area contributed by atoms with Crippen LogP contribution in [0.2, 0.25) is 0 Å². The minimum absolute atomic E-state index is 0.132. The van der Waals surface area contributed by atoms with Gasteiger partial charge in [0.2, 0.25) is 0 Å². The number of hydrogen-bond acceptors (Lipinski definition) is 4. The number of rotatable bonds is 5. The summed E-state index contributed by atoms with van der Waals surface area (Å²) in [7, 11) is 0. The first-order valence-corrected chi connectivity index (χ1v) is 6.27. The number of oxazole rings is 1. The molecule has 0 bridgehead atoms. The summed E-state index contributed by atoms with van der Waals surface area (Å²) in [4.78, 5) is 4.28. The third kappa shape index (κ3) is 3.09. The Morgan fingerprint density at radius 3 is 2.89 bits per heavy atom. The Balaban J connectivity index is 1.99. The molecule has 1 aromatic heterocycles. The maximum Gasteiger partial charge on any atom is 0.192 e. The Kier molecular flexibility index (Phi) is 3.68. The van der Waals surface area contributed by atoms with Crippen molar-refractivity contribution < 1.29 is 4.42 Å². The van der Waals surface area contributed by atoms with Crippen molar-refractivity contribution in [3.8, 4) is 0 Å². The van der Waals surface area contributed by atoms with Crippen molar-refractivity contribution in [2.24, 2.45) is 11.1 Å². The maximum atomic E-state index is 5.70. The van der Waals surface area contributed by atoms with Gasteiger partial charge in [0.25, 0.3) is 0 Å². The van der Waals surface area contributed by atoms with Crippen molar-refractivity contribution in [3.63, 3.8) is 0 Å². The van der Waals surface area contributed by atoms with Gasteiger partial charge < -0.3 is 15.5 Å². The van der Waals surface area contributed by atoms with E-state index in [1.165, 1.54) is 5.56 Å². The average molecular weight is 247 g/mol. The number of hydrogen-bond donors (Lipinski definition) is 2. The third-order valence-corrected chi connectivity index (χ3v) is 3.05. The number of aryl methyl sites for hydroxylation is 1. The molecule has 0 atom stereocenters. The summed E-state index contributed by atoms with van der Waals surface area (Å²) in [5.74, 6) is 0.708. The zero-order valence-corrected chi connectivity index (χ0v) is 11.3. The minimum Gasteiger partial charge on any atom is -0.441 e. The second-order valence-electron chi connectivity index (χ2n) is 5.51. The summed E-state index contributed by atoms with van der Waals surface area (Å²) >= 11 is 0. The molecule has 98 valence electrons. The lowest BCUT2D eigenvalue weighted by Gasteiger charge is -2.22. The summed E-state index contributed by atoms with van der Waals surface area (Å²) in [5, 5.41) is 3.42. The van der Waals surface area contributed by atoms with Crippen molar-refractivity contribution in [2.75, 3.05) is 13.1 Å². The predicted molar refractivity (Wildman–Crippen MR) is 73.3 cm³/mol. The van der Waals surface area contributed by atoms with Crippen LogP contribution in [0.3, 0.4) is 0 Å². The highest BCUT2D eigenvalue weighted by atomic mass is 16.3. The van der Waals surface area contributed by atoms with Crippen LogP contribution < -0.4 is 11.1 Å². The Hall–Kier alpha value is -1.39. The van der Waals surface area contributed by atoms with E-state index in [0.717, 1.165) is 24.2 Å². The molecule has 0 fully saturated rings. The molecular weight excluding hydrogens is 226 g/mol. The van der Waals surface area contributed by atoms with Crippen molar-refractivity contribution in [3.05, 3.63) is 29.7 Å². The molecule has 0 saturated heterocycles. The smallest absolute Gasteiger partial charge is 0.192 e. The van der Waals surface area contributed by atoms with E-state index < -0.39 is 0 Å². The molecule has 0 amide bonds. The van der Waals surface area contributed by atoms with E-state index in [1.807, 2.05) is 19.1 Å². The van der Waals surface area contributed by atoms with Gasteiger partial charge in [0, 0.05) is 20.0 Å². The molecule has 0 aliphatic carbocycles. The van der Waals surface area contributed by atoms with Gasteiger partial charge in [-0.15, -0.1) is 0 Å². The van der Waals surface area contributed by atoms with E-state index in [2.05, 4.69) is 30.2 Å². The number of nitrogens with one attached hydrogen (secondary N) is 1. The van der Waals surface area contributed by atoms with Gasteiger partial charge in [-0.2, -0.15) is 0 Å². The van der Waals surface area contributed by atoms with Crippen LogP contribution in [0.5, 0.6) is 0 Å². The zero-order valence-electron chi connectivity index (χ0n) is 11.3. The van der Waals surface area contributed by atoms with Crippen LogP contribution in [0.25, 0.3) is 11.1 Å². The normalized spacial score (nSPS) is 12.2. The van der Waals surface area contributed by atoms with E-state index >= 15 is 0 Å². The van der Waals surface area contributed by atoms with Crippen LogP contribution >= 0.6 is 0 Å². The van der Waals surface area contributed by atoms with Gasteiger partial charge in [-0.1, -0.05) is 19.9 Å². The molecule has 1 heterocycles. The molecule has 0 aliphatic heterocycles. The monoisotopic (exact) mass is 247 g/mol. The van der Waals surface area contributed by atoms with E-state index in [0.29, 0.717) is 12.4 Å². The first kappa shape index (κ1) is 13.1. The van der Waals surface area contributed by atoms with Gasteiger partial charge in [0.1, 0.15) is 5.52 Å². The number of nitrogens with two attached hydrogens (primary N) is 1. The molecule has 3 N–H and O–H groups in total. The molecule has 0 aliphatic rings. The zero-order chi connectivity index (χ0) is 13.2. The van der Waals surface area contributed by atoms with Gasteiger partial charge in [0.15, 0.2) is 11.5 Å². The average Bonchev–Trinajstić information content (AvgIpc) is 2.68. The summed E-state index contributed by atoms with van der Waals surface area (Å²) in [6, 6.07) is 6.11. The molecule has 2 rings (SSSR count). The molecule has 4 nitrogen and oxygen atoms in total. The van der Waals surface area contributed by atoms with E-state index in [4.69, 9.17) is 10.2 Å². The van der Waals surface area contributed by atoms with Crippen molar-refractivity contribution in [2.45, 2.75) is 27.3 Å². The highest BCUT2D eigenvalue weighted by molar-refractivity contribution is 5.73. The fourth-order valence-electron chi connectivity index (χ4n) is 1.81. The number of aromatic nitrogens is 1. The molecule has 1 aromatic carbocycles. The highest BCUT2D eigenvalue weighted by Crippen LogP contribution is 2.17. The second-order valence-corrected chi connectivity index (χ2v) is 5.51. The molecular formula is C14H21N3O. The predicted octanol–water partition coefficient (Wildman–Crippen LogP) is 2.21. The van der Waals surface area contributed by atoms with Crippen LogP contribution in [0, 0.1) is 12.3 Å². The summed E-state index contributed by atoms with van der Waals surface area (Å²) in [6.45, 7) is 8.57. The fourth-order valence-corrected chi connectivity index (χ4v) is 1.81. The number of benzene rings is 1. The Morgan fingerprint density at radius 2 is 2.17 bits per heavy atom. The first-order valence-electron chi connectivity index (χ1n) is 6.27. The number of fused-ring (bicyclic) bond motifs is 1. The minimum atomic E-state index is 0.132. The number of nitrogens with zero attached hydrogens (tertiary/aromatic N) is 1. The van der Waals surface area contributed by atoms with Crippen molar-refractivity contribution in [1.82, 2.24) is 10.3 Å². The van der Waals surface area contributed by atoms with Gasteiger partial charge in [-0.3, -0.25) is 0 Å². The lowest BCUT2D eigenvalue weighted by atomic mass is 9.94. The van der Waals surface area contributed by atoms with E-state index in [1.54, 1.807) is 0 Å². The maximum absolute atomic E-state index is 5.70. The Morgan fingerprint density at radius 1 is 1.39 bits per heavy atom. The standard InChI is InChI=1S/C14H21N3O/c1-10-17-12-5-4-11(6-13(12)18-10)7-16-9-14(2,3)8-15/h4-6,16H,7-9,15H2,1-3H3. The highest BCUT2D eigenvalue weighted by Gasteiger charge is 2.14. The quantitative estimate of drug-likeness (QED) is 0.850. The van der Waals surface area contributed by atoms with Gasteiger partial charge >= 0.3 is 0 Å². The molecule has 0 unspecified atom stereocenters. The van der Waals surface area contributed by atoms with Crippen molar-refractivity contribution in [1.29, 1.82) is 0 Å². The van der Waals surface area contributed by atoms with Crippen LogP contribution in [-0.4, -0.2) is 18.1 Å². The van der Waals surface area contributed by atoms with Gasteiger partial charge in [-0.25, -0.2) is 4.98 Å². The van der Waals surface area contributed by atoms with Crippen LogP contribution in [0.4, 0.5) is 0 Å².